The monoisotopic (exact) mass is 318 g/mol. The molecule has 0 bridgehead atoms. The molecule has 0 saturated heterocycles. The van der Waals surface area contributed by atoms with Gasteiger partial charge in [-0.15, -0.1) is 0 Å². The third-order valence-corrected chi connectivity index (χ3v) is 3.60. The Bertz CT molecular complexity index is 640. The topological polar surface area (TPSA) is 98.0 Å². The number of aromatic nitrogens is 2. The maximum absolute atomic E-state index is 11.9. The first-order chi connectivity index (χ1) is 8.99. The van der Waals surface area contributed by atoms with Crippen molar-refractivity contribution in [3.63, 3.8) is 0 Å². The first kappa shape index (κ1) is 13.7. The highest BCUT2D eigenvalue weighted by Crippen LogP contribution is 2.28. The van der Waals surface area contributed by atoms with Crippen LogP contribution in [0.3, 0.4) is 0 Å². The molecule has 0 saturated carbocycles. The fourth-order valence-electron chi connectivity index (χ4n) is 1.17. The van der Waals surface area contributed by atoms with Crippen molar-refractivity contribution in [2.45, 2.75) is 0 Å². The molecule has 0 spiro atoms. The van der Waals surface area contributed by atoms with Gasteiger partial charge in [0.25, 0.3) is 5.91 Å². The number of thiophene rings is 1. The van der Waals surface area contributed by atoms with E-state index in [4.69, 9.17) is 23.2 Å². The fraction of sp³-hybridized carbons (Fsp3) is 0. The minimum absolute atomic E-state index is 0.0144. The van der Waals surface area contributed by atoms with E-state index in [0.717, 1.165) is 17.7 Å². The van der Waals surface area contributed by atoms with Crippen LogP contribution in [0.25, 0.3) is 0 Å². The molecule has 1 amide bonds. The molecule has 0 radical (unpaired) electrons. The third kappa shape index (κ3) is 2.98. The lowest BCUT2D eigenvalue weighted by Crippen LogP contribution is -2.11. The Morgan fingerprint density at radius 2 is 1.95 bits per heavy atom. The molecule has 98 valence electrons. The number of carbonyl (C=O) groups is 1. The molecule has 0 aliphatic rings. The van der Waals surface area contributed by atoms with E-state index < -0.39 is 10.8 Å². The number of amides is 1. The molecule has 10 heteroatoms. The molecule has 2 aromatic heterocycles. The van der Waals surface area contributed by atoms with Gasteiger partial charge in [-0.2, -0.15) is 0 Å². The lowest BCUT2D eigenvalue weighted by atomic mass is 10.4. The Morgan fingerprint density at radius 1 is 1.32 bits per heavy atom. The summed E-state index contributed by atoms with van der Waals surface area (Å²) in [5.74, 6) is -0.572. The normalized spacial score (nSPS) is 10.2. The maximum Gasteiger partial charge on any atom is 0.324 e. The molecule has 0 atom stereocenters. The predicted molar refractivity (Wildman–Crippen MR) is 71.0 cm³/mol. The van der Waals surface area contributed by atoms with E-state index in [1.807, 2.05) is 0 Å². The van der Waals surface area contributed by atoms with Crippen molar-refractivity contribution in [3.8, 4) is 0 Å². The van der Waals surface area contributed by atoms with Gasteiger partial charge in [-0.25, -0.2) is 9.97 Å². The lowest BCUT2D eigenvalue weighted by Gasteiger charge is -2.05. The van der Waals surface area contributed by atoms with Gasteiger partial charge in [0.2, 0.25) is 0 Å². The number of anilines is 1. The van der Waals surface area contributed by atoms with Gasteiger partial charge < -0.3 is 5.32 Å². The summed E-state index contributed by atoms with van der Waals surface area (Å²) in [5, 5.41) is 12.8. The largest absolute Gasteiger partial charge is 0.324 e. The second-order valence-electron chi connectivity index (χ2n) is 3.18. The number of hydrogen-bond acceptors (Lipinski definition) is 6. The van der Waals surface area contributed by atoms with E-state index in [2.05, 4.69) is 15.3 Å². The quantitative estimate of drug-likeness (QED) is 0.533. The standard InChI is InChI=1S/C9H4Cl2N4O3S/c10-7-6(8(11)13-3-12-7)14-9(16)4-1-2-5(19-4)15(17)18/h1-3H,(H,14,16). The van der Waals surface area contributed by atoms with E-state index >= 15 is 0 Å². The summed E-state index contributed by atoms with van der Waals surface area (Å²) in [6.07, 6.45) is 1.15. The van der Waals surface area contributed by atoms with Crippen molar-refractivity contribution in [2.75, 3.05) is 5.32 Å². The highest BCUT2D eigenvalue weighted by atomic mass is 35.5. The highest BCUT2D eigenvalue weighted by molar-refractivity contribution is 7.17. The smallest absolute Gasteiger partial charge is 0.316 e. The average Bonchev–Trinajstić information content (AvgIpc) is 2.83. The lowest BCUT2D eigenvalue weighted by molar-refractivity contribution is -0.380. The molecule has 2 aromatic rings. The Labute approximate surface area is 120 Å². The summed E-state index contributed by atoms with van der Waals surface area (Å²) in [4.78, 5) is 29.3. The first-order valence-electron chi connectivity index (χ1n) is 4.70. The van der Waals surface area contributed by atoms with Crippen molar-refractivity contribution < 1.29 is 9.72 Å². The molecule has 0 unspecified atom stereocenters. The van der Waals surface area contributed by atoms with Crippen LogP contribution in [-0.4, -0.2) is 20.8 Å². The van der Waals surface area contributed by atoms with Crippen LogP contribution >= 0.6 is 34.5 Å². The van der Waals surface area contributed by atoms with Crippen LogP contribution < -0.4 is 5.32 Å². The molecule has 19 heavy (non-hydrogen) atoms. The Morgan fingerprint density at radius 3 is 2.47 bits per heavy atom. The second-order valence-corrected chi connectivity index (χ2v) is 4.96. The number of hydrogen-bond donors (Lipinski definition) is 1. The minimum atomic E-state index is -0.576. The van der Waals surface area contributed by atoms with E-state index in [0.29, 0.717) is 0 Å². The SMILES string of the molecule is O=C(Nc1c(Cl)ncnc1Cl)c1ccc([N+](=O)[O-])s1. The van der Waals surface area contributed by atoms with Crippen molar-refractivity contribution in [3.05, 3.63) is 43.8 Å². The number of halogens is 2. The highest BCUT2D eigenvalue weighted by Gasteiger charge is 2.18. The van der Waals surface area contributed by atoms with Gasteiger partial charge in [0.05, 0.1) is 9.80 Å². The van der Waals surface area contributed by atoms with Crippen LogP contribution in [0.15, 0.2) is 18.5 Å². The first-order valence-corrected chi connectivity index (χ1v) is 6.28. The molecule has 1 N–H and O–H groups in total. The van der Waals surface area contributed by atoms with Gasteiger partial charge in [0, 0.05) is 6.07 Å². The number of nitrogens with one attached hydrogen (secondary N) is 1. The minimum Gasteiger partial charge on any atom is -0.316 e. The van der Waals surface area contributed by atoms with Gasteiger partial charge in [-0.3, -0.25) is 14.9 Å². The predicted octanol–water partition coefficient (Wildman–Crippen LogP) is 3.01. The van der Waals surface area contributed by atoms with Crippen LogP contribution in [0.5, 0.6) is 0 Å². The van der Waals surface area contributed by atoms with Crippen LogP contribution in [-0.2, 0) is 0 Å². The second kappa shape index (κ2) is 5.47. The van der Waals surface area contributed by atoms with Crippen molar-refractivity contribution in [1.82, 2.24) is 9.97 Å². The average molecular weight is 319 g/mol. The summed E-state index contributed by atoms with van der Waals surface area (Å²) in [6.45, 7) is 0. The zero-order valence-corrected chi connectivity index (χ0v) is 11.3. The van der Waals surface area contributed by atoms with E-state index in [9.17, 15) is 14.9 Å². The summed E-state index contributed by atoms with van der Waals surface area (Å²) >= 11 is 12.3. The maximum atomic E-state index is 11.9. The zero-order valence-electron chi connectivity index (χ0n) is 8.96. The number of nitrogens with zero attached hydrogens (tertiary/aromatic N) is 3. The van der Waals surface area contributed by atoms with Crippen molar-refractivity contribution >= 4 is 51.1 Å². The summed E-state index contributed by atoms with van der Waals surface area (Å²) in [6, 6.07) is 2.58. The zero-order chi connectivity index (χ0) is 14.0. The molecule has 0 aromatic carbocycles. The fourth-order valence-corrected chi connectivity index (χ4v) is 2.30. The third-order valence-electron chi connectivity index (χ3n) is 1.99. The van der Waals surface area contributed by atoms with Crippen LogP contribution in [0.2, 0.25) is 10.3 Å². The van der Waals surface area contributed by atoms with Gasteiger partial charge >= 0.3 is 5.00 Å². The Hall–Kier alpha value is -1.77. The molecular weight excluding hydrogens is 315 g/mol. The summed E-state index contributed by atoms with van der Waals surface area (Å²) in [7, 11) is 0. The van der Waals surface area contributed by atoms with Crippen molar-refractivity contribution in [1.29, 1.82) is 0 Å². The molecular formula is C9H4Cl2N4O3S. The molecule has 0 aliphatic carbocycles. The van der Waals surface area contributed by atoms with Crippen molar-refractivity contribution in [2.24, 2.45) is 0 Å². The van der Waals surface area contributed by atoms with Gasteiger partial charge in [0.1, 0.15) is 12.0 Å². The van der Waals surface area contributed by atoms with Crippen LogP contribution in [0.1, 0.15) is 9.67 Å². The van der Waals surface area contributed by atoms with E-state index in [1.165, 1.54) is 12.1 Å². The number of nitro groups is 1. The van der Waals surface area contributed by atoms with Gasteiger partial charge in [-0.1, -0.05) is 34.5 Å². The molecule has 2 heterocycles. The summed E-state index contributed by atoms with van der Waals surface area (Å²) in [5.41, 5.74) is 0.0619. The van der Waals surface area contributed by atoms with Gasteiger partial charge in [-0.05, 0) is 6.07 Å². The Kier molecular flexibility index (Phi) is 3.93. The van der Waals surface area contributed by atoms with E-state index in [1.54, 1.807) is 0 Å². The van der Waals surface area contributed by atoms with Crippen LogP contribution in [0, 0.1) is 10.1 Å². The number of rotatable bonds is 3. The summed E-state index contributed by atoms with van der Waals surface area (Å²) < 4.78 is 0. The molecule has 7 nitrogen and oxygen atoms in total. The molecule has 2 rings (SSSR count). The number of carbonyl (C=O) groups excluding carboxylic acids is 1. The Balaban J connectivity index is 2.23. The van der Waals surface area contributed by atoms with Crippen LogP contribution in [0.4, 0.5) is 10.7 Å². The molecule has 0 fully saturated rings. The van der Waals surface area contributed by atoms with Gasteiger partial charge in [0.15, 0.2) is 10.3 Å². The molecule has 0 aliphatic heterocycles. The van der Waals surface area contributed by atoms with E-state index in [-0.39, 0.29) is 25.9 Å².